The Hall–Kier alpha value is -3.02. The topological polar surface area (TPSA) is 67.9 Å². The van der Waals surface area contributed by atoms with E-state index >= 15 is 0 Å². The Kier molecular flexibility index (Phi) is 4.37. The van der Waals surface area contributed by atoms with Gasteiger partial charge in [-0.3, -0.25) is 9.59 Å². The second-order valence-corrected chi connectivity index (χ2v) is 5.39. The Morgan fingerprint density at radius 2 is 1.46 bits per heavy atom. The third-order valence-electron chi connectivity index (χ3n) is 3.91. The van der Waals surface area contributed by atoms with Gasteiger partial charge in [-0.2, -0.15) is 0 Å². The highest BCUT2D eigenvalue weighted by atomic mass is 16.5. The predicted octanol–water partition coefficient (Wildman–Crippen LogP) is 2.45. The lowest BCUT2D eigenvalue weighted by Crippen LogP contribution is -2.34. The smallest absolute Gasteiger partial charge is 0.256 e. The fourth-order valence-corrected chi connectivity index (χ4v) is 2.64. The molecule has 0 unspecified atom stereocenters. The van der Waals surface area contributed by atoms with Gasteiger partial charge in [0.25, 0.3) is 5.91 Å². The molecule has 0 spiro atoms. The van der Waals surface area contributed by atoms with Gasteiger partial charge < -0.3 is 14.8 Å². The standard InChI is InChI=1S/C18H18N2O4/c1-23-14-7-3-12(4-8-14)19-16-11-17(21)20(18(16)22)13-5-9-15(24-2)10-6-13/h3-10,16,19H,11H2,1-2H3/t16-/m0/s1. The van der Waals surface area contributed by atoms with E-state index in [1.807, 2.05) is 12.1 Å². The Labute approximate surface area is 140 Å². The number of carbonyl (C=O) groups is 2. The lowest BCUT2D eigenvalue weighted by Gasteiger charge is -2.16. The fraction of sp³-hybridized carbons (Fsp3) is 0.222. The summed E-state index contributed by atoms with van der Waals surface area (Å²) >= 11 is 0. The molecule has 124 valence electrons. The Morgan fingerprint density at radius 1 is 0.917 bits per heavy atom. The molecule has 1 N–H and O–H groups in total. The second kappa shape index (κ2) is 6.62. The number of rotatable bonds is 5. The van der Waals surface area contributed by atoms with Crippen LogP contribution in [0.3, 0.4) is 0 Å². The molecule has 0 bridgehead atoms. The van der Waals surface area contributed by atoms with E-state index in [9.17, 15) is 9.59 Å². The molecule has 0 aliphatic carbocycles. The van der Waals surface area contributed by atoms with Crippen molar-refractivity contribution in [1.29, 1.82) is 0 Å². The fourth-order valence-electron chi connectivity index (χ4n) is 2.64. The average Bonchev–Trinajstić information content (AvgIpc) is 2.89. The van der Waals surface area contributed by atoms with Gasteiger partial charge >= 0.3 is 0 Å². The first kappa shape index (κ1) is 15.9. The van der Waals surface area contributed by atoms with Crippen molar-refractivity contribution in [2.45, 2.75) is 12.5 Å². The van der Waals surface area contributed by atoms with E-state index in [0.29, 0.717) is 11.4 Å². The lowest BCUT2D eigenvalue weighted by atomic mass is 10.2. The van der Waals surface area contributed by atoms with Gasteiger partial charge in [-0.15, -0.1) is 0 Å². The van der Waals surface area contributed by atoms with Crippen molar-refractivity contribution < 1.29 is 19.1 Å². The van der Waals surface area contributed by atoms with Gasteiger partial charge in [0.05, 0.1) is 26.3 Å². The Morgan fingerprint density at radius 3 is 2.00 bits per heavy atom. The molecule has 1 aliphatic rings. The molecular formula is C18H18N2O4. The molecule has 24 heavy (non-hydrogen) atoms. The third kappa shape index (κ3) is 3.03. The summed E-state index contributed by atoms with van der Waals surface area (Å²) in [6.07, 6.45) is 0.122. The van der Waals surface area contributed by atoms with Crippen LogP contribution in [-0.2, 0) is 9.59 Å². The molecule has 1 heterocycles. The Bertz CT molecular complexity index is 741. The normalized spacial score (nSPS) is 17.1. The molecule has 0 radical (unpaired) electrons. The number of imide groups is 1. The zero-order valence-electron chi connectivity index (χ0n) is 13.5. The maximum absolute atomic E-state index is 12.6. The van der Waals surface area contributed by atoms with Crippen molar-refractivity contribution in [3.63, 3.8) is 0 Å². The number of amides is 2. The van der Waals surface area contributed by atoms with Crippen molar-refractivity contribution in [1.82, 2.24) is 0 Å². The van der Waals surface area contributed by atoms with Crippen LogP contribution in [0.2, 0.25) is 0 Å². The first-order chi connectivity index (χ1) is 11.6. The molecule has 2 amide bonds. The summed E-state index contributed by atoms with van der Waals surface area (Å²) in [5.41, 5.74) is 1.31. The summed E-state index contributed by atoms with van der Waals surface area (Å²) in [6, 6.07) is 13.5. The number of methoxy groups -OCH3 is 2. The number of carbonyl (C=O) groups excluding carboxylic acids is 2. The number of hydrogen-bond acceptors (Lipinski definition) is 5. The Balaban J connectivity index is 1.75. The number of hydrogen-bond donors (Lipinski definition) is 1. The van der Waals surface area contributed by atoms with Crippen LogP contribution in [0.4, 0.5) is 11.4 Å². The van der Waals surface area contributed by atoms with Gasteiger partial charge in [0.2, 0.25) is 5.91 Å². The van der Waals surface area contributed by atoms with Crippen molar-refractivity contribution in [2.75, 3.05) is 24.4 Å². The number of anilines is 2. The summed E-state index contributed by atoms with van der Waals surface area (Å²) < 4.78 is 10.2. The average molecular weight is 326 g/mol. The summed E-state index contributed by atoms with van der Waals surface area (Å²) in [5.74, 6) is 0.914. The van der Waals surface area contributed by atoms with Crippen LogP contribution in [0, 0.1) is 0 Å². The summed E-state index contributed by atoms with van der Waals surface area (Å²) in [5, 5.41) is 3.10. The molecule has 6 nitrogen and oxygen atoms in total. The molecule has 6 heteroatoms. The van der Waals surface area contributed by atoms with E-state index in [1.54, 1.807) is 50.6 Å². The van der Waals surface area contributed by atoms with Crippen molar-refractivity contribution in [3.05, 3.63) is 48.5 Å². The monoisotopic (exact) mass is 326 g/mol. The highest BCUT2D eigenvalue weighted by Crippen LogP contribution is 2.27. The number of ether oxygens (including phenoxy) is 2. The van der Waals surface area contributed by atoms with Crippen LogP contribution < -0.4 is 19.7 Å². The number of benzene rings is 2. The first-order valence-corrected chi connectivity index (χ1v) is 7.54. The number of nitrogens with one attached hydrogen (secondary N) is 1. The van der Waals surface area contributed by atoms with E-state index in [-0.39, 0.29) is 18.2 Å². The third-order valence-corrected chi connectivity index (χ3v) is 3.91. The van der Waals surface area contributed by atoms with Crippen molar-refractivity contribution in [3.8, 4) is 11.5 Å². The SMILES string of the molecule is COc1ccc(N[C@H]2CC(=O)N(c3ccc(OC)cc3)C2=O)cc1. The van der Waals surface area contributed by atoms with Gasteiger partial charge in [0.15, 0.2) is 0 Å². The van der Waals surface area contributed by atoms with Crippen LogP contribution in [0.15, 0.2) is 48.5 Å². The highest BCUT2D eigenvalue weighted by Gasteiger charge is 2.39. The van der Waals surface area contributed by atoms with Gasteiger partial charge in [-0.05, 0) is 48.5 Å². The van der Waals surface area contributed by atoms with Crippen LogP contribution in [-0.4, -0.2) is 32.1 Å². The van der Waals surface area contributed by atoms with Gasteiger partial charge in [-0.1, -0.05) is 0 Å². The van der Waals surface area contributed by atoms with Crippen molar-refractivity contribution >= 4 is 23.2 Å². The number of nitrogens with zero attached hydrogens (tertiary/aromatic N) is 1. The lowest BCUT2D eigenvalue weighted by molar-refractivity contribution is -0.121. The summed E-state index contributed by atoms with van der Waals surface area (Å²) in [7, 11) is 3.16. The molecule has 1 fully saturated rings. The zero-order chi connectivity index (χ0) is 17.1. The van der Waals surface area contributed by atoms with Crippen LogP contribution in [0.1, 0.15) is 6.42 Å². The van der Waals surface area contributed by atoms with Crippen LogP contribution >= 0.6 is 0 Å². The van der Waals surface area contributed by atoms with Crippen LogP contribution in [0.25, 0.3) is 0 Å². The molecular weight excluding hydrogens is 308 g/mol. The zero-order valence-corrected chi connectivity index (χ0v) is 13.5. The van der Waals surface area contributed by atoms with Crippen LogP contribution in [0.5, 0.6) is 11.5 Å². The molecule has 3 rings (SSSR count). The van der Waals surface area contributed by atoms with Crippen molar-refractivity contribution in [2.24, 2.45) is 0 Å². The van der Waals surface area contributed by atoms with Gasteiger partial charge in [-0.25, -0.2) is 4.90 Å². The molecule has 1 aliphatic heterocycles. The molecule has 2 aromatic rings. The van der Waals surface area contributed by atoms with Gasteiger partial charge in [0.1, 0.15) is 17.5 Å². The van der Waals surface area contributed by atoms with E-state index in [4.69, 9.17) is 9.47 Å². The van der Waals surface area contributed by atoms with E-state index in [0.717, 1.165) is 11.4 Å². The summed E-state index contributed by atoms with van der Waals surface area (Å²) in [4.78, 5) is 26.0. The molecule has 1 saturated heterocycles. The quantitative estimate of drug-likeness (QED) is 0.855. The predicted molar refractivity (Wildman–Crippen MR) is 90.5 cm³/mol. The molecule has 0 saturated carbocycles. The minimum Gasteiger partial charge on any atom is -0.497 e. The largest absolute Gasteiger partial charge is 0.497 e. The maximum atomic E-state index is 12.6. The second-order valence-electron chi connectivity index (χ2n) is 5.39. The van der Waals surface area contributed by atoms with E-state index < -0.39 is 6.04 Å². The maximum Gasteiger partial charge on any atom is 0.256 e. The van der Waals surface area contributed by atoms with E-state index in [1.165, 1.54) is 4.90 Å². The summed E-state index contributed by atoms with van der Waals surface area (Å²) in [6.45, 7) is 0. The van der Waals surface area contributed by atoms with E-state index in [2.05, 4.69) is 5.32 Å². The molecule has 0 aromatic heterocycles. The first-order valence-electron chi connectivity index (χ1n) is 7.54. The van der Waals surface area contributed by atoms with Gasteiger partial charge in [0, 0.05) is 5.69 Å². The molecule has 1 atom stereocenters. The minimum absolute atomic E-state index is 0.122. The minimum atomic E-state index is -0.576. The highest BCUT2D eigenvalue weighted by molar-refractivity contribution is 6.23. The molecule has 2 aromatic carbocycles.